The van der Waals surface area contributed by atoms with E-state index < -0.39 is 10.0 Å². The molecule has 0 aromatic heterocycles. The molecule has 1 aliphatic rings. The number of carbonyl (C=O) groups excluding carboxylic acids is 1. The van der Waals surface area contributed by atoms with Crippen LogP contribution in [0.15, 0.2) is 123 Å². The van der Waals surface area contributed by atoms with Crippen LogP contribution in [0.4, 0.5) is 17.1 Å². The molecule has 0 saturated carbocycles. The molecule has 4 aromatic rings. The van der Waals surface area contributed by atoms with Crippen LogP contribution in [0.3, 0.4) is 0 Å². The van der Waals surface area contributed by atoms with Crippen molar-refractivity contribution >= 4 is 56.5 Å². The van der Waals surface area contributed by atoms with Gasteiger partial charge in [-0.25, -0.2) is 8.42 Å². The molecule has 0 spiro atoms. The van der Waals surface area contributed by atoms with Crippen LogP contribution >= 0.6 is 23.5 Å². The average Bonchev–Trinajstić information content (AvgIpc) is 2.88. The maximum Gasteiger partial charge on any atom is 0.261 e. The maximum absolute atomic E-state index is 13.6. The van der Waals surface area contributed by atoms with Crippen LogP contribution in [-0.4, -0.2) is 19.6 Å². The van der Waals surface area contributed by atoms with Crippen molar-refractivity contribution in [1.82, 2.24) is 0 Å². The zero-order valence-corrected chi connectivity index (χ0v) is 21.2. The van der Waals surface area contributed by atoms with Gasteiger partial charge in [-0.15, -0.1) is 11.8 Å². The van der Waals surface area contributed by atoms with Gasteiger partial charge in [0.2, 0.25) is 5.91 Å². The van der Waals surface area contributed by atoms with E-state index in [1.807, 2.05) is 67.6 Å². The second kappa shape index (κ2) is 9.81. The van der Waals surface area contributed by atoms with E-state index in [-0.39, 0.29) is 16.1 Å². The van der Waals surface area contributed by atoms with Gasteiger partial charge in [-0.1, -0.05) is 54.2 Å². The van der Waals surface area contributed by atoms with E-state index in [4.69, 9.17) is 0 Å². The van der Waals surface area contributed by atoms with Crippen LogP contribution in [0.2, 0.25) is 0 Å². The lowest BCUT2D eigenvalue weighted by Gasteiger charge is -2.32. The van der Waals surface area contributed by atoms with E-state index in [1.54, 1.807) is 59.1 Å². The van der Waals surface area contributed by atoms with Crippen molar-refractivity contribution < 1.29 is 13.2 Å². The number of hydrogen-bond donors (Lipinski definition) is 1. The number of carbonyl (C=O) groups is 1. The van der Waals surface area contributed by atoms with E-state index in [2.05, 4.69) is 4.72 Å². The predicted octanol–water partition coefficient (Wildman–Crippen LogP) is 6.80. The number of nitrogens with zero attached hydrogens (tertiary/aromatic N) is 1. The molecule has 0 radical (unpaired) electrons. The molecule has 1 heterocycles. The fourth-order valence-corrected chi connectivity index (χ4v) is 6.84. The number of hydrogen-bond acceptors (Lipinski definition) is 5. The topological polar surface area (TPSA) is 66.5 Å². The summed E-state index contributed by atoms with van der Waals surface area (Å²) in [5.41, 5.74) is 2.24. The Morgan fingerprint density at radius 2 is 1.34 bits per heavy atom. The van der Waals surface area contributed by atoms with Crippen molar-refractivity contribution in [2.24, 2.45) is 0 Å². The summed E-state index contributed by atoms with van der Waals surface area (Å²) in [5, 5.41) is -0.355. The Morgan fingerprint density at radius 1 is 0.800 bits per heavy atom. The van der Waals surface area contributed by atoms with Crippen molar-refractivity contribution in [2.75, 3.05) is 9.62 Å². The molecule has 1 N–H and O–H groups in total. The Balaban J connectivity index is 1.33. The van der Waals surface area contributed by atoms with Gasteiger partial charge in [0.1, 0.15) is 0 Å². The van der Waals surface area contributed by atoms with Crippen LogP contribution in [-0.2, 0) is 14.8 Å². The minimum atomic E-state index is -3.65. The van der Waals surface area contributed by atoms with Gasteiger partial charge in [0.05, 0.1) is 21.5 Å². The molecule has 1 unspecified atom stereocenters. The second-order valence-electron chi connectivity index (χ2n) is 7.91. The summed E-state index contributed by atoms with van der Waals surface area (Å²) in [6, 6.07) is 31.2. The molecule has 0 fully saturated rings. The van der Waals surface area contributed by atoms with E-state index in [1.165, 1.54) is 11.8 Å². The molecular weight excluding hydrogens is 497 g/mol. The molecule has 0 bridgehead atoms. The van der Waals surface area contributed by atoms with Gasteiger partial charge in [0.15, 0.2) is 0 Å². The molecule has 1 amide bonds. The number of benzene rings is 4. The van der Waals surface area contributed by atoms with E-state index in [9.17, 15) is 13.2 Å². The molecule has 0 aliphatic carbocycles. The van der Waals surface area contributed by atoms with Crippen molar-refractivity contribution in [3.8, 4) is 0 Å². The van der Waals surface area contributed by atoms with E-state index in [0.29, 0.717) is 5.69 Å². The summed E-state index contributed by atoms with van der Waals surface area (Å²) in [5.74, 6) is -0.0101. The monoisotopic (exact) mass is 518 g/mol. The van der Waals surface area contributed by atoms with Gasteiger partial charge < -0.3 is 0 Å². The standard InChI is InChI=1S/C27H22N2O3S3/c1-19(27(30)29-23-11-5-7-13-25(23)34-26-14-8-6-12-24(26)29)33-21-17-15-20(16-18-21)28-35(31,32)22-9-3-2-4-10-22/h2-19,28H,1H3. The summed E-state index contributed by atoms with van der Waals surface area (Å²) in [6.07, 6.45) is 0. The highest BCUT2D eigenvalue weighted by Crippen LogP contribution is 2.48. The quantitative estimate of drug-likeness (QED) is 0.285. The summed E-state index contributed by atoms with van der Waals surface area (Å²) < 4.78 is 27.7. The van der Waals surface area contributed by atoms with E-state index >= 15 is 0 Å². The van der Waals surface area contributed by atoms with Crippen LogP contribution in [0, 0.1) is 0 Å². The number of nitrogens with one attached hydrogen (secondary N) is 1. The third-order valence-electron chi connectivity index (χ3n) is 5.47. The number of thioether (sulfide) groups is 1. The second-order valence-corrected chi connectivity index (χ2v) is 12.1. The van der Waals surface area contributed by atoms with Crippen molar-refractivity contribution in [3.05, 3.63) is 103 Å². The first-order chi connectivity index (χ1) is 16.9. The molecule has 35 heavy (non-hydrogen) atoms. The normalized spacial score (nSPS) is 13.5. The number of amides is 1. The zero-order valence-electron chi connectivity index (χ0n) is 18.8. The van der Waals surface area contributed by atoms with Gasteiger partial charge in [-0.2, -0.15) is 0 Å². The summed E-state index contributed by atoms with van der Waals surface area (Å²) in [6.45, 7) is 1.89. The first kappa shape index (κ1) is 23.5. The first-order valence-electron chi connectivity index (χ1n) is 11.0. The first-order valence-corrected chi connectivity index (χ1v) is 14.1. The number of rotatable bonds is 6. The van der Waals surface area contributed by atoms with Crippen molar-refractivity contribution in [1.29, 1.82) is 0 Å². The summed E-state index contributed by atoms with van der Waals surface area (Å²) in [4.78, 5) is 18.6. The summed E-state index contributed by atoms with van der Waals surface area (Å²) in [7, 11) is -3.65. The molecule has 4 aromatic carbocycles. The lowest BCUT2D eigenvalue weighted by Crippen LogP contribution is -2.34. The molecule has 5 rings (SSSR count). The van der Waals surface area contributed by atoms with Gasteiger partial charge in [0, 0.05) is 20.4 Å². The van der Waals surface area contributed by atoms with Crippen LogP contribution in [0.25, 0.3) is 0 Å². The highest BCUT2D eigenvalue weighted by atomic mass is 32.2. The molecular formula is C27H22N2O3S3. The third kappa shape index (κ3) is 4.96. The summed E-state index contributed by atoms with van der Waals surface area (Å²) >= 11 is 3.11. The number of fused-ring (bicyclic) bond motifs is 2. The Morgan fingerprint density at radius 3 is 1.94 bits per heavy atom. The number of anilines is 3. The number of para-hydroxylation sites is 2. The smallest absolute Gasteiger partial charge is 0.261 e. The molecule has 5 nitrogen and oxygen atoms in total. The Hall–Kier alpha value is -3.20. The Labute approximate surface area is 213 Å². The average molecular weight is 519 g/mol. The van der Waals surface area contributed by atoms with E-state index in [0.717, 1.165) is 26.1 Å². The predicted molar refractivity (Wildman–Crippen MR) is 143 cm³/mol. The van der Waals surface area contributed by atoms with Crippen molar-refractivity contribution in [3.63, 3.8) is 0 Å². The number of sulfonamides is 1. The largest absolute Gasteiger partial charge is 0.280 e. The lowest BCUT2D eigenvalue weighted by atomic mass is 10.2. The highest BCUT2D eigenvalue weighted by Gasteiger charge is 2.31. The molecule has 8 heteroatoms. The minimum absolute atomic E-state index is 0.0101. The fourth-order valence-electron chi connectivity index (χ4n) is 3.79. The Bertz CT molecular complexity index is 1430. The van der Waals surface area contributed by atoms with Crippen molar-refractivity contribution in [2.45, 2.75) is 31.8 Å². The fraction of sp³-hybridized carbons (Fsp3) is 0.0741. The zero-order chi connectivity index (χ0) is 24.4. The minimum Gasteiger partial charge on any atom is -0.280 e. The van der Waals surface area contributed by atoms with Gasteiger partial charge in [0.25, 0.3) is 10.0 Å². The van der Waals surface area contributed by atoms with Gasteiger partial charge in [-0.3, -0.25) is 14.4 Å². The SMILES string of the molecule is CC(Sc1ccc(NS(=O)(=O)c2ccccc2)cc1)C(=O)N1c2ccccc2Sc2ccccc21. The highest BCUT2D eigenvalue weighted by molar-refractivity contribution is 8.00. The van der Waals surface area contributed by atoms with Gasteiger partial charge >= 0.3 is 0 Å². The molecule has 176 valence electrons. The molecule has 0 saturated heterocycles. The lowest BCUT2D eigenvalue weighted by molar-refractivity contribution is -0.117. The van der Waals surface area contributed by atoms with Crippen LogP contribution in [0.1, 0.15) is 6.92 Å². The molecule has 1 aliphatic heterocycles. The van der Waals surface area contributed by atoms with Crippen LogP contribution in [0.5, 0.6) is 0 Å². The molecule has 1 atom stereocenters. The third-order valence-corrected chi connectivity index (χ3v) is 9.10. The maximum atomic E-state index is 13.6. The van der Waals surface area contributed by atoms with Gasteiger partial charge in [-0.05, 0) is 67.6 Å². The van der Waals surface area contributed by atoms with Crippen LogP contribution < -0.4 is 9.62 Å². The Kier molecular flexibility index (Phi) is 6.60.